The van der Waals surface area contributed by atoms with E-state index in [1.807, 2.05) is 54.6 Å². The third kappa shape index (κ3) is 4.06. The van der Waals surface area contributed by atoms with Crippen LogP contribution >= 0.6 is 0 Å². The number of rotatable bonds is 6. The molecule has 0 radical (unpaired) electrons. The van der Waals surface area contributed by atoms with E-state index >= 15 is 0 Å². The molecule has 0 aromatic heterocycles. The van der Waals surface area contributed by atoms with Crippen molar-refractivity contribution < 1.29 is 24.5 Å². The van der Waals surface area contributed by atoms with Crippen molar-refractivity contribution in [3.63, 3.8) is 0 Å². The van der Waals surface area contributed by atoms with Gasteiger partial charge in [0.1, 0.15) is 18.0 Å². The van der Waals surface area contributed by atoms with Crippen molar-refractivity contribution in [2.45, 2.75) is 37.6 Å². The lowest BCUT2D eigenvalue weighted by Gasteiger charge is -2.40. The van der Waals surface area contributed by atoms with E-state index in [1.54, 1.807) is 11.0 Å². The van der Waals surface area contributed by atoms with Gasteiger partial charge in [-0.3, -0.25) is 9.59 Å². The van der Waals surface area contributed by atoms with Gasteiger partial charge in [0.25, 0.3) is 0 Å². The second-order valence-electron chi connectivity index (χ2n) is 7.81. The van der Waals surface area contributed by atoms with Gasteiger partial charge in [0.05, 0.1) is 18.6 Å². The average Bonchev–Trinajstić information content (AvgIpc) is 3.17. The summed E-state index contributed by atoms with van der Waals surface area (Å²) in [6, 6.07) is 16.2. The number of para-hydroxylation sites is 1. The normalized spacial score (nSPS) is 23.8. The SMILES string of the molecule is CC(=O)N(Cc1ccccc1)[C@@H]1C=C(C(=O)NCCO)[C@@H]2c3ccccc3O[C@@H]2[C@H]1O. The van der Waals surface area contributed by atoms with Crippen molar-refractivity contribution in [3.8, 4) is 5.75 Å². The van der Waals surface area contributed by atoms with Crippen LogP contribution in [0.25, 0.3) is 0 Å². The molecule has 0 saturated heterocycles. The summed E-state index contributed by atoms with van der Waals surface area (Å²) in [7, 11) is 0. The van der Waals surface area contributed by atoms with Gasteiger partial charge in [0.15, 0.2) is 0 Å². The summed E-state index contributed by atoms with van der Waals surface area (Å²) in [6.07, 6.45) is -0.0340. The van der Waals surface area contributed by atoms with Crippen LogP contribution in [0.1, 0.15) is 24.0 Å². The van der Waals surface area contributed by atoms with Crippen LogP contribution in [0.2, 0.25) is 0 Å². The Kier molecular flexibility index (Phi) is 6.06. The number of aliphatic hydroxyl groups is 2. The number of nitrogens with zero attached hydrogens (tertiary/aromatic N) is 1. The third-order valence-corrected chi connectivity index (χ3v) is 5.84. The zero-order chi connectivity index (χ0) is 22.0. The van der Waals surface area contributed by atoms with Crippen molar-refractivity contribution in [1.82, 2.24) is 10.2 Å². The molecule has 0 unspecified atom stereocenters. The Hall–Kier alpha value is -3.16. The summed E-state index contributed by atoms with van der Waals surface area (Å²) < 4.78 is 6.06. The van der Waals surface area contributed by atoms with E-state index in [-0.39, 0.29) is 25.0 Å². The largest absolute Gasteiger partial charge is 0.486 e. The van der Waals surface area contributed by atoms with E-state index in [1.165, 1.54) is 6.92 Å². The third-order valence-electron chi connectivity index (χ3n) is 5.84. The lowest BCUT2D eigenvalue weighted by atomic mass is 9.77. The number of carbonyl (C=O) groups is 2. The van der Waals surface area contributed by atoms with Crippen LogP contribution in [0.15, 0.2) is 66.2 Å². The topological polar surface area (TPSA) is 99.1 Å². The zero-order valence-electron chi connectivity index (χ0n) is 17.3. The molecule has 2 aliphatic rings. The molecule has 4 rings (SSSR count). The minimum Gasteiger partial charge on any atom is -0.486 e. The molecular weight excluding hydrogens is 396 g/mol. The fraction of sp³-hybridized carbons (Fsp3) is 0.333. The first-order valence-electron chi connectivity index (χ1n) is 10.4. The second-order valence-corrected chi connectivity index (χ2v) is 7.81. The highest BCUT2D eigenvalue weighted by Crippen LogP contribution is 2.47. The lowest BCUT2D eigenvalue weighted by molar-refractivity contribution is -0.135. The van der Waals surface area contributed by atoms with Crippen LogP contribution < -0.4 is 10.1 Å². The number of benzene rings is 2. The highest BCUT2D eigenvalue weighted by atomic mass is 16.5. The van der Waals surface area contributed by atoms with Gasteiger partial charge < -0.3 is 25.2 Å². The Morgan fingerprint density at radius 1 is 1.10 bits per heavy atom. The maximum absolute atomic E-state index is 13.0. The minimum atomic E-state index is -1.01. The van der Waals surface area contributed by atoms with Crippen LogP contribution in [-0.4, -0.2) is 58.3 Å². The van der Waals surface area contributed by atoms with Crippen LogP contribution in [-0.2, 0) is 16.1 Å². The number of aliphatic hydroxyl groups excluding tert-OH is 2. The highest BCUT2D eigenvalue weighted by Gasteiger charge is 2.50. The first-order chi connectivity index (χ1) is 15.0. The summed E-state index contributed by atoms with van der Waals surface area (Å²) in [5.74, 6) is -0.389. The average molecular weight is 422 g/mol. The molecule has 1 heterocycles. The predicted octanol–water partition coefficient (Wildman–Crippen LogP) is 1.36. The smallest absolute Gasteiger partial charge is 0.247 e. The monoisotopic (exact) mass is 422 g/mol. The Labute approximate surface area is 181 Å². The molecule has 31 heavy (non-hydrogen) atoms. The zero-order valence-corrected chi connectivity index (χ0v) is 17.3. The van der Waals surface area contributed by atoms with Gasteiger partial charge in [0.2, 0.25) is 11.8 Å². The van der Waals surface area contributed by atoms with Crippen molar-refractivity contribution in [2.75, 3.05) is 13.2 Å². The Morgan fingerprint density at radius 3 is 2.52 bits per heavy atom. The van der Waals surface area contributed by atoms with Crippen molar-refractivity contribution in [2.24, 2.45) is 0 Å². The van der Waals surface area contributed by atoms with Gasteiger partial charge in [-0.05, 0) is 17.7 Å². The van der Waals surface area contributed by atoms with E-state index in [9.17, 15) is 14.7 Å². The van der Waals surface area contributed by atoms with Crippen molar-refractivity contribution >= 4 is 11.8 Å². The van der Waals surface area contributed by atoms with Crippen LogP contribution in [0.3, 0.4) is 0 Å². The number of hydrogen-bond donors (Lipinski definition) is 3. The second kappa shape index (κ2) is 8.91. The molecule has 4 atom stereocenters. The van der Waals surface area contributed by atoms with Crippen molar-refractivity contribution in [1.29, 1.82) is 0 Å². The quantitative estimate of drug-likeness (QED) is 0.653. The Morgan fingerprint density at radius 2 is 1.81 bits per heavy atom. The minimum absolute atomic E-state index is 0.115. The van der Waals surface area contributed by atoms with E-state index < -0.39 is 24.2 Å². The molecule has 0 spiro atoms. The molecule has 0 bridgehead atoms. The number of amides is 2. The predicted molar refractivity (Wildman–Crippen MR) is 114 cm³/mol. The molecule has 1 aliphatic carbocycles. The summed E-state index contributed by atoms with van der Waals surface area (Å²) >= 11 is 0. The summed E-state index contributed by atoms with van der Waals surface area (Å²) in [5.41, 5.74) is 2.17. The molecule has 3 N–H and O–H groups in total. The van der Waals surface area contributed by atoms with Gasteiger partial charge >= 0.3 is 0 Å². The summed E-state index contributed by atoms with van der Waals surface area (Å²) in [6.45, 7) is 1.68. The number of fused-ring (bicyclic) bond motifs is 3. The first kappa shape index (κ1) is 21.1. The van der Waals surface area contributed by atoms with E-state index in [0.717, 1.165) is 11.1 Å². The fourth-order valence-electron chi connectivity index (χ4n) is 4.40. The van der Waals surface area contributed by atoms with Gasteiger partial charge in [-0.2, -0.15) is 0 Å². The standard InChI is InChI=1S/C24H26N2O5/c1-15(28)26(14-16-7-3-2-4-8-16)19-13-18(24(30)25-11-12-27)21-17-9-5-6-10-20(17)31-23(21)22(19)29/h2-10,13,19,21-23,27,29H,11-12,14H2,1H3,(H,25,30)/t19-,21+,22+,23+/m1/s1. The van der Waals surface area contributed by atoms with Crippen molar-refractivity contribution in [3.05, 3.63) is 77.4 Å². The van der Waals surface area contributed by atoms with E-state index in [2.05, 4.69) is 5.32 Å². The van der Waals surface area contributed by atoms with Crippen LogP contribution in [0.4, 0.5) is 0 Å². The van der Waals surface area contributed by atoms with Gasteiger partial charge in [-0.25, -0.2) is 0 Å². The molecule has 2 aromatic carbocycles. The lowest BCUT2D eigenvalue weighted by Crippen LogP contribution is -2.55. The Balaban J connectivity index is 1.73. The number of hydrogen-bond acceptors (Lipinski definition) is 5. The molecule has 2 amide bonds. The number of ether oxygens (including phenoxy) is 1. The van der Waals surface area contributed by atoms with Gasteiger partial charge in [-0.1, -0.05) is 48.5 Å². The molecule has 0 fully saturated rings. The number of nitrogens with one attached hydrogen (secondary N) is 1. The van der Waals surface area contributed by atoms with E-state index in [4.69, 9.17) is 9.84 Å². The number of carbonyl (C=O) groups excluding carboxylic acids is 2. The van der Waals surface area contributed by atoms with Crippen LogP contribution in [0.5, 0.6) is 5.75 Å². The molecule has 0 saturated carbocycles. The molecule has 2 aromatic rings. The molecule has 1 aliphatic heterocycles. The molecule has 162 valence electrons. The first-order valence-corrected chi connectivity index (χ1v) is 10.4. The van der Waals surface area contributed by atoms with E-state index in [0.29, 0.717) is 17.9 Å². The van der Waals surface area contributed by atoms with Gasteiger partial charge in [-0.15, -0.1) is 0 Å². The molecular formula is C24H26N2O5. The molecule has 7 heteroatoms. The van der Waals surface area contributed by atoms with Crippen LogP contribution in [0, 0.1) is 0 Å². The maximum Gasteiger partial charge on any atom is 0.247 e. The fourth-order valence-corrected chi connectivity index (χ4v) is 4.40. The summed E-state index contributed by atoms with van der Waals surface area (Å²) in [4.78, 5) is 27.1. The highest BCUT2D eigenvalue weighted by molar-refractivity contribution is 5.96. The van der Waals surface area contributed by atoms with Gasteiger partial charge in [0, 0.05) is 31.1 Å². The maximum atomic E-state index is 13.0. The molecule has 7 nitrogen and oxygen atoms in total. The Bertz CT molecular complexity index is 990. The summed E-state index contributed by atoms with van der Waals surface area (Å²) in [5, 5.41) is 23.1.